The number of nitrogens with one attached hydrogen (secondary N) is 1. The van der Waals surface area contributed by atoms with Gasteiger partial charge in [0.2, 0.25) is 0 Å². The van der Waals surface area contributed by atoms with Gasteiger partial charge in [-0.3, -0.25) is 4.79 Å². The van der Waals surface area contributed by atoms with Gasteiger partial charge >= 0.3 is 0 Å². The summed E-state index contributed by atoms with van der Waals surface area (Å²) in [7, 11) is -4.35. The van der Waals surface area contributed by atoms with Crippen molar-refractivity contribution in [3.63, 3.8) is 0 Å². The van der Waals surface area contributed by atoms with Crippen molar-refractivity contribution in [3.05, 3.63) is 77.4 Å². The number of anilines is 1. The number of pyridine rings is 2. The van der Waals surface area contributed by atoms with Crippen molar-refractivity contribution in [3.8, 4) is 17.2 Å². The number of aromatic nitrogens is 2. The maximum atomic E-state index is 13.9. The molecular weight excluding hydrogens is 568 g/mol. The number of carbonyl (C=O) groups is 1. The Morgan fingerprint density at radius 2 is 1.84 bits per heavy atom. The quantitative estimate of drug-likeness (QED) is 0.234. The maximum absolute atomic E-state index is 13.9. The summed E-state index contributed by atoms with van der Waals surface area (Å²) in [5.41, 5.74) is 9.01. The number of nitrogens with two attached hydrogens (primary N) is 1. The van der Waals surface area contributed by atoms with Crippen molar-refractivity contribution in [1.82, 2.24) is 14.7 Å². The Hall–Kier alpha value is -4.48. The standard InChI is InChI=1S/C32H32N4O6S/c1-19-10-11-26(41-17-14-21-12-15-40-16-13-21)29-23(32(37)36-43(38,39)28-9-5-8-27(33)35-28)18-24(34-30(19)29)31-20(2)22-6-3-4-7-25(22)42-31/h3-11,18,21H,12-17H2,1-2H3,(H2,33,35)(H,36,37). The number of carbonyl (C=O) groups excluding carboxylic acids is 1. The third-order valence-electron chi connectivity index (χ3n) is 7.82. The number of furan rings is 1. The minimum Gasteiger partial charge on any atom is -0.493 e. The van der Waals surface area contributed by atoms with E-state index in [-0.39, 0.29) is 16.4 Å². The van der Waals surface area contributed by atoms with Gasteiger partial charge in [-0.15, -0.1) is 0 Å². The van der Waals surface area contributed by atoms with Crippen LogP contribution in [0.1, 0.15) is 40.7 Å². The fourth-order valence-electron chi connectivity index (χ4n) is 5.46. The van der Waals surface area contributed by atoms with Gasteiger partial charge in [-0.05, 0) is 74.9 Å². The van der Waals surface area contributed by atoms with E-state index in [9.17, 15) is 13.2 Å². The lowest BCUT2D eigenvalue weighted by Crippen LogP contribution is -2.31. The SMILES string of the molecule is Cc1c(-c2cc(C(=O)NS(=O)(=O)c3cccc(N)n3)c3c(OCCC4CCOCC4)ccc(C)c3n2)oc2ccccc12. The Bertz CT molecular complexity index is 1950. The normalized spacial score (nSPS) is 14.3. The first-order valence-electron chi connectivity index (χ1n) is 14.1. The molecule has 43 heavy (non-hydrogen) atoms. The van der Waals surface area contributed by atoms with Gasteiger partial charge in [-0.1, -0.05) is 30.3 Å². The first-order chi connectivity index (χ1) is 20.7. The molecule has 1 aliphatic heterocycles. The molecule has 1 saturated heterocycles. The molecule has 6 rings (SSSR count). The van der Waals surface area contributed by atoms with Gasteiger partial charge in [0.25, 0.3) is 15.9 Å². The number of nitrogen functional groups attached to an aromatic ring is 1. The van der Waals surface area contributed by atoms with E-state index in [4.69, 9.17) is 24.6 Å². The highest BCUT2D eigenvalue weighted by Gasteiger charge is 2.26. The average molecular weight is 601 g/mol. The Balaban J connectivity index is 1.46. The number of hydrogen-bond acceptors (Lipinski definition) is 9. The minimum atomic E-state index is -4.35. The second kappa shape index (κ2) is 11.7. The number of ether oxygens (including phenoxy) is 2. The number of para-hydroxylation sites is 1. The van der Waals surface area contributed by atoms with Crippen molar-refractivity contribution in [1.29, 1.82) is 0 Å². The molecule has 4 heterocycles. The molecule has 11 heteroatoms. The van der Waals surface area contributed by atoms with Crippen molar-refractivity contribution in [2.75, 3.05) is 25.6 Å². The highest BCUT2D eigenvalue weighted by atomic mass is 32.2. The molecule has 3 aromatic heterocycles. The van der Waals surface area contributed by atoms with Crippen LogP contribution in [0.3, 0.4) is 0 Å². The molecule has 0 atom stereocenters. The van der Waals surface area contributed by atoms with Gasteiger partial charge in [-0.2, -0.15) is 8.42 Å². The van der Waals surface area contributed by atoms with Crippen LogP contribution in [-0.2, 0) is 14.8 Å². The number of benzene rings is 2. The summed E-state index contributed by atoms with van der Waals surface area (Å²) in [6.45, 7) is 5.72. The van der Waals surface area contributed by atoms with Gasteiger partial charge in [0.15, 0.2) is 10.8 Å². The predicted octanol–water partition coefficient (Wildman–Crippen LogP) is 5.56. The van der Waals surface area contributed by atoms with Crippen molar-refractivity contribution in [2.24, 2.45) is 5.92 Å². The van der Waals surface area contributed by atoms with Crippen LogP contribution in [0.2, 0.25) is 0 Å². The van der Waals surface area contributed by atoms with E-state index < -0.39 is 15.9 Å². The summed E-state index contributed by atoms with van der Waals surface area (Å²) in [4.78, 5) is 22.7. The maximum Gasteiger partial charge on any atom is 0.281 e. The highest BCUT2D eigenvalue weighted by molar-refractivity contribution is 7.90. The first-order valence-corrected chi connectivity index (χ1v) is 15.6. The number of rotatable bonds is 8. The van der Waals surface area contributed by atoms with Crippen molar-refractivity contribution >= 4 is 43.6 Å². The summed E-state index contributed by atoms with van der Waals surface area (Å²) in [6, 6.07) is 17.0. The van der Waals surface area contributed by atoms with E-state index in [0.717, 1.165) is 49.0 Å². The molecule has 0 aliphatic carbocycles. The molecule has 3 N–H and O–H groups in total. The molecule has 0 unspecified atom stereocenters. The third kappa shape index (κ3) is 5.78. The molecule has 10 nitrogen and oxygen atoms in total. The van der Waals surface area contributed by atoms with Crippen LogP contribution in [0.15, 0.2) is 70.1 Å². The van der Waals surface area contributed by atoms with E-state index >= 15 is 0 Å². The van der Waals surface area contributed by atoms with Crippen LogP contribution in [0.4, 0.5) is 5.82 Å². The fraction of sp³-hybridized carbons (Fsp3) is 0.281. The molecule has 1 amide bonds. The van der Waals surface area contributed by atoms with Gasteiger partial charge in [0, 0.05) is 24.2 Å². The van der Waals surface area contributed by atoms with E-state index in [1.54, 1.807) is 12.1 Å². The van der Waals surface area contributed by atoms with E-state index in [2.05, 4.69) is 9.71 Å². The predicted molar refractivity (Wildman–Crippen MR) is 163 cm³/mol. The highest BCUT2D eigenvalue weighted by Crippen LogP contribution is 2.37. The molecule has 1 fully saturated rings. The number of fused-ring (bicyclic) bond motifs is 2. The zero-order valence-corrected chi connectivity index (χ0v) is 24.7. The number of nitrogens with zero attached hydrogens (tertiary/aromatic N) is 2. The molecule has 0 bridgehead atoms. The molecule has 2 aromatic carbocycles. The van der Waals surface area contributed by atoms with Crippen LogP contribution in [-0.4, -0.2) is 44.1 Å². The van der Waals surface area contributed by atoms with Gasteiger partial charge in [0.1, 0.15) is 22.8 Å². The lowest BCUT2D eigenvalue weighted by atomic mass is 9.97. The Labute approximate surface area is 249 Å². The van der Waals surface area contributed by atoms with Gasteiger partial charge < -0.3 is 19.6 Å². The van der Waals surface area contributed by atoms with Gasteiger partial charge in [-0.25, -0.2) is 14.7 Å². The number of amides is 1. The second-order valence-electron chi connectivity index (χ2n) is 10.7. The van der Waals surface area contributed by atoms with Gasteiger partial charge in [0.05, 0.1) is 23.1 Å². The largest absolute Gasteiger partial charge is 0.493 e. The molecule has 1 aliphatic rings. The van der Waals surface area contributed by atoms with Crippen molar-refractivity contribution in [2.45, 2.75) is 38.1 Å². The third-order valence-corrected chi connectivity index (χ3v) is 9.05. The first kappa shape index (κ1) is 28.6. The van der Waals surface area contributed by atoms with Crippen LogP contribution < -0.4 is 15.2 Å². The summed E-state index contributed by atoms with van der Waals surface area (Å²) < 4.78 is 46.5. The van der Waals surface area contributed by atoms with Crippen LogP contribution in [0.25, 0.3) is 33.3 Å². The van der Waals surface area contributed by atoms with Crippen LogP contribution >= 0.6 is 0 Å². The topological polar surface area (TPSA) is 147 Å². The monoisotopic (exact) mass is 600 g/mol. The van der Waals surface area contributed by atoms with E-state index in [1.165, 1.54) is 18.2 Å². The average Bonchev–Trinajstić information content (AvgIpc) is 3.34. The zero-order chi connectivity index (χ0) is 30.1. The van der Waals surface area contributed by atoms with Crippen molar-refractivity contribution < 1.29 is 27.1 Å². The Morgan fingerprint density at radius 1 is 1.05 bits per heavy atom. The fourth-order valence-corrected chi connectivity index (χ4v) is 6.40. The number of hydrogen-bond donors (Lipinski definition) is 2. The van der Waals surface area contributed by atoms with Crippen LogP contribution in [0.5, 0.6) is 5.75 Å². The van der Waals surface area contributed by atoms with Crippen LogP contribution in [0, 0.1) is 19.8 Å². The summed E-state index contributed by atoms with van der Waals surface area (Å²) in [6.07, 6.45) is 2.78. The number of aryl methyl sites for hydroxylation is 2. The molecule has 0 saturated carbocycles. The second-order valence-corrected chi connectivity index (χ2v) is 12.4. The summed E-state index contributed by atoms with van der Waals surface area (Å²) >= 11 is 0. The molecular formula is C32H32N4O6S. The molecule has 222 valence electrons. The Morgan fingerprint density at radius 3 is 2.60 bits per heavy atom. The molecule has 0 spiro atoms. The summed E-state index contributed by atoms with van der Waals surface area (Å²) in [5, 5.41) is 0.969. The van der Waals surface area contributed by atoms with E-state index in [0.29, 0.717) is 46.2 Å². The lowest BCUT2D eigenvalue weighted by molar-refractivity contribution is 0.0594. The smallest absolute Gasteiger partial charge is 0.281 e. The summed E-state index contributed by atoms with van der Waals surface area (Å²) in [5.74, 6) is 0.583. The number of sulfonamides is 1. The lowest BCUT2D eigenvalue weighted by Gasteiger charge is -2.22. The molecule has 0 radical (unpaired) electrons. The zero-order valence-electron chi connectivity index (χ0n) is 23.9. The van der Waals surface area contributed by atoms with E-state index in [1.807, 2.05) is 44.2 Å². The molecule has 5 aromatic rings. The Kier molecular flexibility index (Phi) is 7.76. The minimum absolute atomic E-state index is 0.0168.